The molecule has 0 aromatic carbocycles. The molecule has 1 aliphatic carbocycles. The molecule has 2 atom stereocenters. The molecule has 1 rings (SSSR count). The average Bonchev–Trinajstić information content (AvgIpc) is 3.01. The van der Waals surface area contributed by atoms with E-state index in [1.54, 1.807) is 7.05 Å². The van der Waals surface area contributed by atoms with Gasteiger partial charge in [-0.25, -0.2) is 0 Å². The molecule has 17 heavy (non-hydrogen) atoms. The topological polar surface area (TPSA) is 61.4 Å². The monoisotopic (exact) mass is 263 g/mol. The summed E-state index contributed by atoms with van der Waals surface area (Å²) in [5.74, 6) is 0.542. The van der Waals surface area contributed by atoms with Crippen LogP contribution in [0, 0.1) is 5.92 Å². The fourth-order valence-electron chi connectivity index (χ4n) is 1.85. The first-order chi connectivity index (χ1) is 8.01. The lowest BCUT2D eigenvalue weighted by molar-refractivity contribution is 0.444. The molecule has 0 aliphatic heterocycles. The highest BCUT2D eigenvalue weighted by Crippen LogP contribution is 2.33. The zero-order chi connectivity index (χ0) is 12.9. The lowest BCUT2D eigenvalue weighted by Gasteiger charge is -2.17. The second-order valence-corrected chi connectivity index (χ2v) is 6.47. The van der Waals surface area contributed by atoms with Crippen LogP contribution in [0.25, 0.3) is 0 Å². The lowest BCUT2D eigenvalue weighted by Crippen LogP contribution is -2.40. The summed E-state index contributed by atoms with van der Waals surface area (Å²) >= 11 is 0. The van der Waals surface area contributed by atoms with E-state index in [2.05, 4.69) is 17.0 Å². The smallest absolute Gasteiger partial charge is 0.279 e. The Bertz CT molecular complexity index is 319. The van der Waals surface area contributed by atoms with Gasteiger partial charge in [-0.1, -0.05) is 20.3 Å². The van der Waals surface area contributed by atoms with Crippen LogP contribution in [0.4, 0.5) is 0 Å². The Morgan fingerprint density at radius 3 is 2.59 bits per heavy atom. The summed E-state index contributed by atoms with van der Waals surface area (Å²) in [7, 11) is -1.64. The molecule has 0 spiro atoms. The number of nitrogens with zero attached hydrogens (tertiary/aromatic N) is 1. The number of nitrogens with one attached hydrogen (secondary N) is 2. The van der Waals surface area contributed by atoms with E-state index < -0.39 is 10.2 Å². The van der Waals surface area contributed by atoms with Crippen molar-refractivity contribution < 1.29 is 8.42 Å². The fourth-order valence-corrected chi connectivity index (χ4v) is 3.07. The molecule has 0 radical (unpaired) electrons. The zero-order valence-corrected chi connectivity index (χ0v) is 11.9. The van der Waals surface area contributed by atoms with Crippen LogP contribution in [-0.2, 0) is 10.2 Å². The number of rotatable bonds is 9. The Morgan fingerprint density at radius 2 is 2.06 bits per heavy atom. The van der Waals surface area contributed by atoms with E-state index in [0.717, 1.165) is 32.4 Å². The van der Waals surface area contributed by atoms with Crippen LogP contribution >= 0.6 is 0 Å². The predicted octanol–water partition coefficient (Wildman–Crippen LogP) is 0.551. The van der Waals surface area contributed by atoms with Crippen molar-refractivity contribution >= 4 is 10.2 Å². The van der Waals surface area contributed by atoms with Crippen LogP contribution in [0.3, 0.4) is 0 Å². The van der Waals surface area contributed by atoms with Gasteiger partial charge in [0, 0.05) is 19.6 Å². The molecule has 1 fully saturated rings. The van der Waals surface area contributed by atoms with E-state index in [0.29, 0.717) is 12.5 Å². The first kappa shape index (κ1) is 14.9. The van der Waals surface area contributed by atoms with Gasteiger partial charge in [0.1, 0.15) is 0 Å². The van der Waals surface area contributed by atoms with E-state index in [-0.39, 0.29) is 6.04 Å². The van der Waals surface area contributed by atoms with E-state index in [4.69, 9.17) is 0 Å². The zero-order valence-electron chi connectivity index (χ0n) is 11.1. The minimum absolute atomic E-state index is 0.168. The second kappa shape index (κ2) is 6.68. The quantitative estimate of drug-likeness (QED) is 0.597. The van der Waals surface area contributed by atoms with Crippen LogP contribution in [-0.4, -0.2) is 45.4 Å². The minimum atomic E-state index is -3.27. The van der Waals surface area contributed by atoms with Crippen molar-refractivity contribution in [3.63, 3.8) is 0 Å². The van der Waals surface area contributed by atoms with Crippen LogP contribution in [0.2, 0.25) is 0 Å². The standard InChI is InChI=1S/C11H25N3O2S/c1-4-10-9-11(10)13-17(15,16)14(3)8-6-7-12-5-2/h10-13H,4-9H2,1-3H3. The van der Waals surface area contributed by atoms with E-state index in [9.17, 15) is 8.42 Å². The third kappa shape index (κ3) is 4.91. The normalized spacial score (nSPS) is 24.2. The highest BCUT2D eigenvalue weighted by molar-refractivity contribution is 7.87. The molecule has 0 aromatic heterocycles. The first-order valence-electron chi connectivity index (χ1n) is 6.45. The molecular formula is C11H25N3O2S. The molecule has 1 aliphatic rings. The third-order valence-corrected chi connectivity index (χ3v) is 4.84. The first-order valence-corrected chi connectivity index (χ1v) is 7.89. The van der Waals surface area contributed by atoms with Crippen molar-refractivity contribution in [2.24, 2.45) is 5.92 Å². The van der Waals surface area contributed by atoms with Gasteiger partial charge in [-0.05, 0) is 31.8 Å². The summed E-state index contributed by atoms with van der Waals surface area (Å²) in [5.41, 5.74) is 0. The predicted molar refractivity (Wildman–Crippen MR) is 70.0 cm³/mol. The average molecular weight is 263 g/mol. The maximum Gasteiger partial charge on any atom is 0.279 e. The highest BCUT2D eigenvalue weighted by Gasteiger charge is 2.39. The fraction of sp³-hybridized carbons (Fsp3) is 1.00. The molecule has 2 N–H and O–H groups in total. The van der Waals surface area contributed by atoms with E-state index >= 15 is 0 Å². The summed E-state index contributed by atoms with van der Waals surface area (Å²) in [6.45, 7) is 6.48. The Labute approximate surface area is 105 Å². The van der Waals surface area contributed by atoms with Crippen molar-refractivity contribution in [1.29, 1.82) is 0 Å². The van der Waals surface area contributed by atoms with Gasteiger partial charge in [0.25, 0.3) is 10.2 Å². The molecule has 102 valence electrons. The van der Waals surface area contributed by atoms with E-state index in [1.165, 1.54) is 4.31 Å². The number of hydrogen-bond donors (Lipinski definition) is 2. The van der Waals surface area contributed by atoms with Crippen molar-refractivity contribution in [3.05, 3.63) is 0 Å². The molecule has 0 aromatic rings. The molecule has 6 heteroatoms. The van der Waals surface area contributed by atoms with Gasteiger partial charge < -0.3 is 5.32 Å². The largest absolute Gasteiger partial charge is 0.317 e. The summed E-state index contributed by atoms with van der Waals surface area (Å²) in [6, 6.07) is 0.168. The lowest BCUT2D eigenvalue weighted by atomic mass is 10.3. The summed E-state index contributed by atoms with van der Waals surface area (Å²) in [4.78, 5) is 0. The molecular weight excluding hydrogens is 238 g/mol. The van der Waals surface area contributed by atoms with Crippen LogP contribution in [0.1, 0.15) is 33.1 Å². The van der Waals surface area contributed by atoms with E-state index in [1.807, 2.05) is 6.92 Å². The van der Waals surface area contributed by atoms with Crippen LogP contribution in [0.5, 0.6) is 0 Å². The SMILES string of the molecule is CCNCCCN(C)S(=O)(=O)NC1CC1CC. The Balaban J connectivity index is 2.26. The molecule has 0 amide bonds. The van der Waals surface area contributed by atoms with Crippen molar-refractivity contribution in [3.8, 4) is 0 Å². The Morgan fingerprint density at radius 1 is 1.35 bits per heavy atom. The van der Waals surface area contributed by atoms with Gasteiger partial charge in [-0.3, -0.25) is 0 Å². The molecule has 0 bridgehead atoms. The van der Waals surface area contributed by atoms with Gasteiger partial charge in [-0.15, -0.1) is 0 Å². The van der Waals surface area contributed by atoms with Crippen molar-refractivity contribution in [1.82, 2.24) is 14.3 Å². The summed E-state index contributed by atoms with van der Waals surface area (Å²) in [6.07, 6.45) is 2.88. The molecule has 0 saturated heterocycles. The Kier molecular flexibility index (Phi) is 5.85. The van der Waals surface area contributed by atoms with Gasteiger partial charge in [0.05, 0.1) is 0 Å². The van der Waals surface area contributed by atoms with Gasteiger partial charge in [-0.2, -0.15) is 17.4 Å². The highest BCUT2D eigenvalue weighted by atomic mass is 32.2. The van der Waals surface area contributed by atoms with Crippen LogP contribution in [0.15, 0.2) is 0 Å². The van der Waals surface area contributed by atoms with Gasteiger partial charge in [0.2, 0.25) is 0 Å². The molecule has 1 saturated carbocycles. The maximum absolute atomic E-state index is 11.9. The molecule has 2 unspecified atom stereocenters. The second-order valence-electron chi connectivity index (χ2n) is 4.66. The van der Waals surface area contributed by atoms with Crippen molar-refractivity contribution in [2.45, 2.75) is 39.2 Å². The molecule has 0 heterocycles. The van der Waals surface area contributed by atoms with Gasteiger partial charge >= 0.3 is 0 Å². The Hall–Kier alpha value is -0.170. The summed E-state index contributed by atoms with van der Waals surface area (Å²) < 4.78 is 28.0. The van der Waals surface area contributed by atoms with Gasteiger partial charge in [0.15, 0.2) is 0 Å². The molecule has 5 nitrogen and oxygen atoms in total. The summed E-state index contributed by atoms with van der Waals surface area (Å²) in [5, 5.41) is 3.18. The maximum atomic E-state index is 11.9. The van der Waals surface area contributed by atoms with Crippen LogP contribution < -0.4 is 10.0 Å². The third-order valence-electron chi connectivity index (χ3n) is 3.23. The van der Waals surface area contributed by atoms with Crippen molar-refractivity contribution in [2.75, 3.05) is 26.7 Å². The minimum Gasteiger partial charge on any atom is -0.317 e. The number of hydrogen-bond acceptors (Lipinski definition) is 3.